The third-order valence-corrected chi connectivity index (χ3v) is 3.88. The molecule has 4 aromatic rings. The molecule has 1 amide bonds. The molecule has 0 atom stereocenters. The fourth-order valence-corrected chi connectivity index (χ4v) is 2.63. The first-order chi connectivity index (χ1) is 12.2. The van der Waals surface area contributed by atoms with Crippen LogP contribution in [0.3, 0.4) is 0 Å². The van der Waals surface area contributed by atoms with Gasteiger partial charge in [-0.25, -0.2) is 4.39 Å². The number of rotatable bonds is 3. The molecule has 6 heteroatoms. The van der Waals surface area contributed by atoms with Crippen LogP contribution in [0.25, 0.3) is 22.2 Å². The van der Waals surface area contributed by atoms with Gasteiger partial charge in [0, 0.05) is 34.6 Å². The quantitative estimate of drug-likeness (QED) is 0.595. The van der Waals surface area contributed by atoms with E-state index in [1.54, 1.807) is 42.7 Å². The first-order valence-electron chi connectivity index (χ1n) is 7.66. The lowest BCUT2D eigenvalue weighted by atomic mass is 10.1. The minimum atomic E-state index is -0.297. The third kappa shape index (κ3) is 2.97. The number of amides is 1. The molecular formula is C19H13FN4O. The molecule has 4 rings (SSSR count). The Hall–Kier alpha value is -3.54. The highest BCUT2D eigenvalue weighted by molar-refractivity contribution is 6.05. The van der Waals surface area contributed by atoms with Gasteiger partial charge < -0.3 is 5.32 Å². The van der Waals surface area contributed by atoms with Gasteiger partial charge in [-0.3, -0.25) is 14.9 Å². The molecule has 0 aliphatic heterocycles. The van der Waals surface area contributed by atoms with E-state index in [9.17, 15) is 9.18 Å². The number of aromatic nitrogens is 3. The number of halogens is 1. The normalized spacial score (nSPS) is 10.8. The molecule has 2 aromatic heterocycles. The monoisotopic (exact) mass is 332 g/mol. The molecule has 5 nitrogen and oxygen atoms in total. The van der Waals surface area contributed by atoms with E-state index in [2.05, 4.69) is 20.5 Å². The summed E-state index contributed by atoms with van der Waals surface area (Å²) in [6.45, 7) is 0. The summed E-state index contributed by atoms with van der Waals surface area (Å²) in [4.78, 5) is 16.2. The smallest absolute Gasteiger partial charge is 0.255 e. The van der Waals surface area contributed by atoms with Crippen LogP contribution < -0.4 is 5.32 Å². The zero-order chi connectivity index (χ0) is 17.2. The average molecular weight is 332 g/mol. The van der Waals surface area contributed by atoms with Crippen LogP contribution in [0.2, 0.25) is 0 Å². The summed E-state index contributed by atoms with van der Waals surface area (Å²) in [7, 11) is 0. The van der Waals surface area contributed by atoms with Crippen molar-refractivity contribution >= 4 is 22.5 Å². The van der Waals surface area contributed by atoms with Crippen molar-refractivity contribution < 1.29 is 9.18 Å². The number of nitrogens with one attached hydrogen (secondary N) is 2. The highest BCUT2D eigenvalue weighted by atomic mass is 19.1. The molecule has 0 saturated heterocycles. The first kappa shape index (κ1) is 15.0. The summed E-state index contributed by atoms with van der Waals surface area (Å²) in [6, 6.07) is 14.9. The van der Waals surface area contributed by atoms with Crippen LogP contribution in [0, 0.1) is 5.82 Å². The zero-order valence-corrected chi connectivity index (χ0v) is 13.0. The Kier molecular flexibility index (Phi) is 3.70. The minimum absolute atomic E-state index is 0.214. The Balaban J connectivity index is 1.69. The number of nitrogens with zero attached hydrogens (tertiary/aromatic N) is 2. The molecule has 0 aliphatic rings. The van der Waals surface area contributed by atoms with Crippen molar-refractivity contribution in [1.29, 1.82) is 0 Å². The van der Waals surface area contributed by atoms with Crippen molar-refractivity contribution in [1.82, 2.24) is 15.2 Å². The van der Waals surface area contributed by atoms with Crippen molar-refractivity contribution in [3.8, 4) is 11.3 Å². The van der Waals surface area contributed by atoms with Gasteiger partial charge in [-0.05, 0) is 54.6 Å². The van der Waals surface area contributed by atoms with Crippen LogP contribution in [0.5, 0.6) is 0 Å². The van der Waals surface area contributed by atoms with Gasteiger partial charge in [0.2, 0.25) is 0 Å². The van der Waals surface area contributed by atoms with Crippen LogP contribution >= 0.6 is 0 Å². The van der Waals surface area contributed by atoms with Crippen molar-refractivity contribution in [3.05, 3.63) is 78.4 Å². The molecule has 2 N–H and O–H groups in total. The highest BCUT2D eigenvalue weighted by Gasteiger charge is 2.11. The average Bonchev–Trinajstić information content (AvgIpc) is 3.06. The van der Waals surface area contributed by atoms with Crippen molar-refractivity contribution in [2.75, 3.05) is 5.32 Å². The summed E-state index contributed by atoms with van der Waals surface area (Å²) >= 11 is 0. The predicted octanol–water partition coefficient (Wildman–Crippen LogP) is 4.02. The molecule has 2 aromatic carbocycles. The molecule has 0 saturated carbocycles. The summed E-state index contributed by atoms with van der Waals surface area (Å²) in [5.74, 6) is -0.512. The second-order valence-corrected chi connectivity index (χ2v) is 5.53. The van der Waals surface area contributed by atoms with E-state index in [4.69, 9.17) is 0 Å². The van der Waals surface area contributed by atoms with Gasteiger partial charge in [0.15, 0.2) is 0 Å². The second-order valence-electron chi connectivity index (χ2n) is 5.53. The Morgan fingerprint density at radius 1 is 1.00 bits per heavy atom. The molecule has 0 aliphatic carbocycles. The predicted molar refractivity (Wildman–Crippen MR) is 93.7 cm³/mol. The number of carbonyl (C=O) groups is 1. The van der Waals surface area contributed by atoms with Gasteiger partial charge in [0.25, 0.3) is 5.91 Å². The molecule has 0 unspecified atom stereocenters. The van der Waals surface area contributed by atoms with Gasteiger partial charge in [0.1, 0.15) is 5.82 Å². The number of fused-ring (bicyclic) bond motifs is 1. The lowest BCUT2D eigenvalue weighted by Crippen LogP contribution is -2.11. The van der Waals surface area contributed by atoms with E-state index in [0.29, 0.717) is 16.9 Å². The third-order valence-electron chi connectivity index (χ3n) is 3.88. The van der Waals surface area contributed by atoms with Crippen molar-refractivity contribution in [3.63, 3.8) is 0 Å². The number of pyridine rings is 1. The summed E-state index contributed by atoms with van der Waals surface area (Å²) in [5.41, 5.74) is 3.52. The van der Waals surface area contributed by atoms with Crippen LogP contribution in [0.4, 0.5) is 10.1 Å². The second kappa shape index (κ2) is 6.16. The van der Waals surface area contributed by atoms with E-state index < -0.39 is 0 Å². The lowest BCUT2D eigenvalue weighted by Gasteiger charge is -2.06. The maximum absolute atomic E-state index is 13.1. The largest absolute Gasteiger partial charge is 0.322 e. The number of benzene rings is 2. The molecule has 122 valence electrons. The summed E-state index contributed by atoms with van der Waals surface area (Å²) in [6.07, 6.45) is 3.14. The van der Waals surface area contributed by atoms with E-state index in [-0.39, 0.29) is 11.7 Å². The molecule has 0 radical (unpaired) electrons. The number of hydrogen-bond acceptors (Lipinski definition) is 3. The molecular weight excluding hydrogens is 319 g/mol. The Morgan fingerprint density at radius 3 is 2.52 bits per heavy atom. The van der Waals surface area contributed by atoms with E-state index >= 15 is 0 Å². The Bertz CT molecular complexity index is 1040. The minimum Gasteiger partial charge on any atom is -0.322 e. The SMILES string of the molecule is O=C(Nc1ccc2[nH]nc(-c3ccc(F)cc3)c2c1)c1ccncc1. The lowest BCUT2D eigenvalue weighted by molar-refractivity contribution is 0.102. The fraction of sp³-hybridized carbons (Fsp3) is 0. The van der Waals surface area contributed by atoms with E-state index in [1.165, 1.54) is 12.1 Å². The van der Waals surface area contributed by atoms with Crippen LogP contribution in [-0.4, -0.2) is 21.1 Å². The highest BCUT2D eigenvalue weighted by Crippen LogP contribution is 2.28. The van der Waals surface area contributed by atoms with Gasteiger partial charge in [0.05, 0.1) is 11.2 Å². The number of aromatic amines is 1. The molecule has 0 bridgehead atoms. The van der Waals surface area contributed by atoms with Crippen molar-refractivity contribution in [2.45, 2.75) is 0 Å². The van der Waals surface area contributed by atoms with Crippen molar-refractivity contribution in [2.24, 2.45) is 0 Å². The van der Waals surface area contributed by atoms with Crippen LogP contribution in [-0.2, 0) is 0 Å². The van der Waals surface area contributed by atoms with Crippen LogP contribution in [0.1, 0.15) is 10.4 Å². The number of anilines is 1. The molecule has 2 heterocycles. The van der Waals surface area contributed by atoms with Crippen LogP contribution in [0.15, 0.2) is 67.0 Å². The molecule has 0 fully saturated rings. The topological polar surface area (TPSA) is 70.7 Å². The van der Waals surface area contributed by atoms with Gasteiger partial charge in [-0.1, -0.05) is 0 Å². The maximum Gasteiger partial charge on any atom is 0.255 e. The van der Waals surface area contributed by atoms with E-state index in [1.807, 2.05) is 12.1 Å². The fourth-order valence-electron chi connectivity index (χ4n) is 2.63. The summed E-state index contributed by atoms with van der Waals surface area (Å²) < 4.78 is 13.1. The van der Waals surface area contributed by atoms with Gasteiger partial charge in [-0.2, -0.15) is 5.10 Å². The standard InChI is InChI=1S/C19H13FN4O/c20-14-3-1-12(2-4-14)18-16-11-15(5-6-17(16)23-24-18)22-19(25)13-7-9-21-10-8-13/h1-11H,(H,22,25)(H,23,24). The molecule has 25 heavy (non-hydrogen) atoms. The molecule has 0 spiro atoms. The van der Waals surface area contributed by atoms with Gasteiger partial charge in [-0.15, -0.1) is 0 Å². The first-order valence-corrected chi connectivity index (χ1v) is 7.66. The number of H-pyrrole nitrogens is 1. The van der Waals surface area contributed by atoms with E-state index in [0.717, 1.165) is 16.5 Å². The zero-order valence-electron chi connectivity index (χ0n) is 13.0. The number of hydrogen-bond donors (Lipinski definition) is 2. The maximum atomic E-state index is 13.1. The Morgan fingerprint density at radius 2 is 1.76 bits per heavy atom. The van der Waals surface area contributed by atoms with Gasteiger partial charge >= 0.3 is 0 Å². The Labute approximate surface area is 142 Å². The summed E-state index contributed by atoms with van der Waals surface area (Å²) in [5, 5.41) is 11.0. The number of carbonyl (C=O) groups excluding carboxylic acids is 1.